The fourth-order valence-electron chi connectivity index (χ4n) is 1.10. The third-order valence-electron chi connectivity index (χ3n) is 1.69. The highest BCUT2D eigenvalue weighted by atomic mass is 79.9. The first-order valence-electron chi connectivity index (χ1n) is 4.14. The minimum atomic E-state index is 0.0678. The molecule has 0 aromatic carbocycles. The molecule has 0 bridgehead atoms. The molecule has 0 spiro atoms. The van der Waals surface area contributed by atoms with E-state index in [-0.39, 0.29) is 5.91 Å². The highest BCUT2D eigenvalue weighted by Gasteiger charge is 2.14. The fourth-order valence-corrected chi connectivity index (χ4v) is 2.67. The predicted molar refractivity (Wildman–Crippen MR) is 67.4 cm³/mol. The Morgan fingerprint density at radius 3 is 2.79 bits per heavy atom. The van der Waals surface area contributed by atoms with E-state index in [2.05, 4.69) is 31.9 Å². The minimum Gasteiger partial charge on any atom is -0.341 e. The molecule has 1 aromatic heterocycles. The number of amides is 1. The molecular formula is C9H11Br2NOS. The molecular weight excluding hydrogens is 330 g/mol. The lowest BCUT2D eigenvalue weighted by Crippen LogP contribution is -2.30. The molecule has 0 aliphatic rings. The number of halogens is 2. The van der Waals surface area contributed by atoms with Gasteiger partial charge in [0, 0.05) is 23.8 Å². The van der Waals surface area contributed by atoms with E-state index < -0.39 is 0 Å². The summed E-state index contributed by atoms with van der Waals surface area (Å²) in [5, 5.41) is 1.86. The first kappa shape index (κ1) is 12.2. The summed E-state index contributed by atoms with van der Waals surface area (Å²) < 4.78 is 0.987. The second-order valence-electron chi connectivity index (χ2n) is 3.11. The molecule has 1 heterocycles. The number of rotatable bonds is 3. The van der Waals surface area contributed by atoms with Gasteiger partial charge in [0.05, 0.1) is 9.35 Å². The molecule has 1 unspecified atom stereocenters. The zero-order valence-electron chi connectivity index (χ0n) is 7.96. The van der Waals surface area contributed by atoms with Gasteiger partial charge >= 0.3 is 0 Å². The van der Waals surface area contributed by atoms with Crippen molar-refractivity contribution >= 4 is 49.1 Å². The van der Waals surface area contributed by atoms with Crippen molar-refractivity contribution in [1.29, 1.82) is 0 Å². The lowest BCUT2D eigenvalue weighted by molar-refractivity contribution is 0.0798. The maximum atomic E-state index is 11.8. The highest BCUT2D eigenvalue weighted by molar-refractivity contribution is 9.11. The van der Waals surface area contributed by atoms with Gasteiger partial charge in [0.25, 0.3) is 5.91 Å². The average Bonchev–Trinajstić information content (AvgIpc) is 2.49. The topological polar surface area (TPSA) is 20.3 Å². The van der Waals surface area contributed by atoms with Crippen molar-refractivity contribution in [2.45, 2.75) is 11.8 Å². The van der Waals surface area contributed by atoms with Crippen LogP contribution in [0.4, 0.5) is 0 Å². The summed E-state index contributed by atoms with van der Waals surface area (Å²) in [6.07, 6.45) is 0. The number of carbonyl (C=O) groups is 1. The van der Waals surface area contributed by atoms with Crippen molar-refractivity contribution in [2.24, 2.45) is 0 Å². The van der Waals surface area contributed by atoms with Gasteiger partial charge in [-0.05, 0) is 22.0 Å². The van der Waals surface area contributed by atoms with Crippen molar-refractivity contribution < 1.29 is 4.79 Å². The molecule has 0 aliphatic heterocycles. The van der Waals surface area contributed by atoms with Crippen LogP contribution < -0.4 is 0 Å². The van der Waals surface area contributed by atoms with E-state index in [4.69, 9.17) is 0 Å². The molecule has 0 fully saturated rings. The van der Waals surface area contributed by atoms with E-state index in [0.717, 1.165) is 9.35 Å². The van der Waals surface area contributed by atoms with Crippen LogP contribution in [0.25, 0.3) is 0 Å². The van der Waals surface area contributed by atoms with Gasteiger partial charge in [-0.25, -0.2) is 0 Å². The van der Waals surface area contributed by atoms with Gasteiger partial charge in [0.1, 0.15) is 0 Å². The number of hydrogen-bond acceptors (Lipinski definition) is 2. The van der Waals surface area contributed by atoms with E-state index >= 15 is 0 Å². The Balaban J connectivity index is 2.65. The largest absolute Gasteiger partial charge is 0.341 e. The summed E-state index contributed by atoms with van der Waals surface area (Å²) in [4.78, 5) is 13.8. The van der Waals surface area contributed by atoms with Gasteiger partial charge in [-0.1, -0.05) is 22.9 Å². The van der Waals surface area contributed by atoms with Crippen molar-refractivity contribution in [3.63, 3.8) is 0 Å². The monoisotopic (exact) mass is 339 g/mol. The Labute approximate surface area is 105 Å². The van der Waals surface area contributed by atoms with E-state index in [1.54, 1.807) is 4.90 Å². The quantitative estimate of drug-likeness (QED) is 0.772. The van der Waals surface area contributed by atoms with Crippen LogP contribution in [0.3, 0.4) is 0 Å². The number of hydrogen-bond donors (Lipinski definition) is 0. The maximum Gasteiger partial charge on any atom is 0.254 e. The molecule has 14 heavy (non-hydrogen) atoms. The van der Waals surface area contributed by atoms with Gasteiger partial charge in [0.15, 0.2) is 0 Å². The first-order valence-corrected chi connectivity index (χ1v) is 6.73. The molecule has 5 heteroatoms. The first-order chi connectivity index (χ1) is 6.50. The Kier molecular flexibility index (Phi) is 4.60. The third-order valence-corrected chi connectivity index (χ3v) is 3.48. The molecule has 0 aliphatic carbocycles. The van der Waals surface area contributed by atoms with E-state index in [1.807, 2.05) is 25.4 Å². The summed E-state index contributed by atoms with van der Waals surface area (Å²) in [5.74, 6) is 0.0678. The van der Waals surface area contributed by atoms with E-state index in [0.29, 0.717) is 11.4 Å². The number of thiophene rings is 1. The molecule has 1 rings (SSSR count). The summed E-state index contributed by atoms with van der Waals surface area (Å²) in [6.45, 7) is 2.74. The Bertz CT molecular complexity index is 324. The SMILES string of the molecule is CC(Br)CN(C)C(=O)c1csc(Br)c1. The zero-order valence-corrected chi connectivity index (χ0v) is 11.9. The van der Waals surface area contributed by atoms with Crippen molar-refractivity contribution in [3.05, 3.63) is 20.8 Å². The average molecular weight is 341 g/mol. The minimum absolute atomic E-state index is 0.0678. The van der Waals surface area contributed by atoms with Crippen molar-refractivity contribution in [1.82, 2.24) is 4.90 Å². The van der Waals surface area contributed by atoms with Crippen molar-refractivity contribution in [2.75, 3.05) is 13.6 Å². The van der Waals surface area contributed by atoms with Gasteiger partial charge < -0.3 is 4.90 Å². The fraction of sp³-hybridized carbons (Fsp3) is 0.444. The van der Waals surface area contributed by atoms with Crippen LogP contribution in [-0.4, -0.2) is 29.2 Å². The molecule has 1 amide bonds. The normalized spacial score (nSPS) is 12.6. The van der Waals surface area contributed by atoms with Crippen LogP contribution in [0, 0.1) is 0 Å². The van der Waals surface area contributed by atoms with Gasteiger partial charge in [-0.2, -0.15) is 0 Å². The van der Waals surface area contributed by atoms with Crippen LogP contribution >= 0.6 is 43.2 Å². The van der Waals surface area contributed by atoms with Crippen LogP contribution in [0.5, 0.6) is 0 Å². The number of nitrogens with zero attached hydrogens (tertiary/aromatic N) is 1. The Hall–Kier alpha value is 0.130. The Morgan fingerprint density at radius 2 is 2.36 bits per heavy atom. The smallest absolute Gasteiger partial charge is 0.254 e. The molecule has 2 nitrogen and oxygen atoms in total. The van der Waals surface area contributed by atoms with Crippen LogP contribution in [-0.2, 0) is 0 Å². The lowest BCUT2D eigenvalue weighted by atomic mass is 10.3. The molecule has 0 saturated carbocycles. The summed E-state index contributed by atoms with van der Waals surface area (Å²) >= 11 is 8.29. The zero-order chi connectivity index (χ0) is 10.7. The van der Waals surface area contributed by atoms with Gasteiger partial charge in [-0.15, -0.1) is 11.3 Å². The highest BCUT2D eigenvalue weighted by Crippen LogP contribution is 2.21. The van der Waals surface area contributed by atoms with Crippen LogP contribution in [0.15, 0.2) is 15.2 Å². The summed E-state index contributed by atoms with van der Waals surface area (Å²) in [5.41, 5.74) is 0.748. The number of carbonyl (C=O) groups excluding carboxylic acids is 1. The van der Waals surface area contributed by atoms with Crippen LogP contribution in [0.2, 0.25) is 0 Å². The van der Waals surface area contributed by atoms with Crippen LogP contribution in [0.1, 0.15) is 17.3 Å². The maximum absolute atomic E-state index is 11.8. The third kappa shape index (κ3) is 3.37. The molecule has 0 saturated heterocycles. The van der Waals surface area contributed by atoms with Gasteiger partial charge in [-0.3, -0.25) is 4.79 Å². The van der Waals surface area contributed by atoms with Crippen molar-refractivity contribution in [3.8, 4) is 0 Å². The Morgan fingerprint density at radius 1 is 1.71 bits per heavy atom. The summed E-state index contributed by atoms with van der Waals surface area (Å²) in [7, 11) is 1.81. The molecule has 0 N–H and O–H groups in total. The second-order valence-corrected chi connectivity index (χ2v) is 6.96. The van der Waals surface area contributed by atoms with Gasteiger partial charge in [0.2, 0.25) is 0 Å². The standard InChI is InChI=1S/C9H11Br2NOS/c1-6(10)4-12(2)9(13)7-3-8(11)14-5-7/h3,5-6H,4H2,1-2H3. The predicted octanol–water partition coefficient (Wildman–Crippen LogP) is 3.37. The number of alkyl halides is 1. The molecule has 78 valence electrons. The second kappa shape index (κ2) is 5.28. The lowest BCUT2D eigenvalue weighted by Gasteiger charge is -2.17. The molecule has 1 aromatic rings. The summed E-state index contributed by atoms with van der Waals surface area (Å²) in [6, 6.07) is 1.85. The van der Waals surface area contributed by atoms with E-state index in [1.165, 1.54) is 11.3 Å². The molecule has 1 atom stereocenters. The molecule has 0 radical (unpaired) electrons. The van der Waals surface area contributed by atoms with E-state index in [9.17, 15) is 4.79 Å².